The van der Waals surface area contributed by atoms with Crippen molar-refractivity contribution in [3.05, 3.63) is 40.8 Å². The normalized spacial score (nSPS) is 25.8. The predicted octanol–water partition coefficient (Wildman–Crippen LogP) is 3.76. The lowest BCUT2D eigenvalue weighted by Crippen LogP contribution is -2.28. The Morgan fingerprint density at radius 3 is 2.76 bits per heavy atom. The van der Waals surface area contributed by atoms with Crippen LogP contribution in [0.4, 0.5) is 0 Å². The molecule has 0 N–H and O–H groups in total. The number of benzene rings is 1. The minimum atomic E-state index is -3.85. The first-order valence-corrected chi connectivity index (χ1v) is 9.59. The first-order chi connectivity index (χ1) is 11.9. The molecule has 4 atom stereocenters. The smallest absolute Gasteiger partial charge is 0.423 e. The molecule has 7 nitrogen and oxygen atoms in total. The lowest BCUT2D eigenvalue weighted by molar-refractivity contribution is 0.0319. The minimum absolute atomic E-state index is 0.0756. The average molecular weight is 368 g/mol. The van der Waals surface area contributed by atoms with Crippen LogP contribution in [0.3, 0.4) is 0 Å². The van der Waals surface area contributed by atoms with Gasteiger partial charge in [0.2, 0.25) is 0 Å². The molecule has 1 aromatic carbocycles. The zero-order valence-corrected chi connectivity index (χ0v) is 15.2. The molecule has 136 valence electrons. The molecule has 3 rings (SSSR count). The van der Waals surface area contributed by atoms with Gasteiger partial charge >= 0.3 is 13.4 Å². The molecule has 0 spiro atoms. The Labute approximate surface area is 145 Å². The Morgan fingerprint density at radius 1 is 1.28 bits per heavy atom. The molecule has 0 saturated carbocycles. The number of rotatable bonds is 6. The van der Waals surface area contributed by atoms with Crippen molar-refractivity contribution in [2.24, 2.45) is 5.92 Å². The highest BCUT2D eigenvalue weighted by Crippen LogP contribution is 2.52. The molecule has 1 saturated heterocycles. The number of hydrogen-bond donors (Lipinski definition) is 0. The summed E-state index contributed by atoms with van der Waals surface area (Å²) in [6, 6.07) is 7.77. The van der Waals surface area contributed by atoms with E-state index in [1.165, 1.54) is 19.2 Å². The van der Waals surface area contributed by atoms with Gasteiger partial charge in [0.25, 0.3) is 0 Å². The molecular weight excluding hydrogens is 347 g/mol. The molecule has 8 heteroatoms. The Balaban J connectivity index is 1.83. The topological polar surface area (TPSA) is 84.2 Å². The molecule has 0 aliphatic carbocycles. The van der Waals surface area contributed by atoms with Crippen LogP contribution in [0.15, 0.2) is 39.5 Å². The third-order valence-electron chi connectivity index (χ3n) is 4.19. The molecule has 1 aliphatic heterocycles. The predicted molar refractivity (Wildman–Crippen MR) is 91.8 cm³/mol. The van der Waals surface area contributed by atoms with E-state index in [1.807, 2.05) is 13.8 Å². The van der Waals surface area contributed by atoms with Gasteiger partial charge in [-0.15, -0.1) is 0 Å². The van der Waals surface area contributed by atoms with Crippen molar-refractivity contribution < 1.29 is 27.3 Å². The van der Waals surface area contributed by atoms with Gasteiger partial charge in [-0.1, -0.05) is 13.8 Å². The molecule has 0 bridgehead atoms. The van der Waals surface area contributed by atoms with Gasteiger partial charge in [-0.05, 0) is 24.6 Å². The van der Waals surface area contributed by atoms with Crippen molar-refractivity contribution in [2.75, 3.05) is 13.7 Å². The molecule has 2 heterocycles. The summed E-state index contributed by atoms with van der Waals surface area (Å²) in [5.74, 6) is 0.304. The highest BCUT2D eigenvalue weighted by molar-refractivity contribution is 7.48. The summed E-state index contributed by atoms with van der Waals surface area (Å²) in [5.41, 5.74) is -0.143. The SMILES string of the molecule is CC[C@H]1OCC(C)C1OP(=O)(OC)Oc1ccc2ccc(=O)oc2c1. The van der Waals surface area contributed by atoms with Crippen LogP contribution in [-0.4, -0.2) is 25.9 Å². The van der Waals surface area contributed by atoms with Gasteiger partial charge in [-0.2, -0.15) is 0 Å². The Morgan fingerprint density at radius 2 is 2.04 bits per heavy atom. The zero-order valence-electron chi connectivity index (χ0n) is 14.3. The van der Waals surface area contributed by atoms with Crippen LogP contribution in [-0.2, 0) is 18.3 Å². The molecule has 0 amide bonds. The van der Waals surface area contributed by atoms with Crippen molar-refractivity contribution in [1.82, 2.24) is 0 Å². The summed E-state index contributed by atoms with van der Waals surface area (Å²) in [4.78, 5) is 11.3. The van der Waals surface area contributed by atoms with Crippen molar-refractivity contribution >= 4 is 18.8 Å². The van der Waals surface area contributed by atoms with E-state index in [4.69, 9.17) is 22.7 Å². The fourth-order valence-electron chi connectivity index (χ4n) is 2.83. The van der Waals surface area contributed by atoms with Gasteiger partial charge in [0, 0.05) is 30.5 Å². The van der Waals surface area contributed by atoms with E-state index in [1.54, 1.807) is 18.2 Å². The molecule has 1 fully saturated rings. The summed E-state index contributed by atoms with van der Waals surface area (Å²) in [6.07, 6.45) is 0.200. The van der Waals surface area contributed by atoms with Crippen molar-refractivity contribution in [2.45, 2.75) is 32.5 Å². The summed E-state index contributed by atoms with van der Waals surface area (Å²) in [7, 11) is -2.58. The van der Waals surface area contributed by atoms with E-state index in [2.05, 4.69) is 0 Å². The fraction of sp³-hybridized carbons (Fsp3) is 0.471. The standard InChI is InChI=1S/C17H21O7P/c1-4-14-17(11(2)10-21-14)24-25(19,20-3)23-13-7-5-12-6-8-16(18)22-15(12)9-13/h5-9,11,14,17H,4,10H2,1-3H3/t11?,14-,17?,25?/m1/s1. The van der Waals surface area contributed by atoms with Crippen LogP contribution in [0.25, 0.3) is 11.0 Å². The molecule has 2 aromatic rings. The van der Waals surface area contributed by atoms with Crippen molar-refractivity contribution in [3.8, 4) is 5.75 Å². The van der Waals surface area contributed by atoms with Crippen LogP contribution in [0.2, 0.25) is 0 Å². The van der Waals surface area contributed by atoms with Crippen LogP contribution >= 0.6 is 7.82 Å². The summed E-state index contributed by atoms with van der Waals surface area (Å²) >= 11 is 0. The molecular formula is C17H21O7P. The largest absolute Gasteiger partial charge is 0.530 e. The van der Waals surface area contributed by atoms with Gasteiger partial charge < -0.3 is 13.7 Å². The molecule has 1 aliphatic rings. The lowest BCUT2D eigenvalue weighted by atomic mass is 10.0. The summed E-state index contributed by atoms with van der Waals surface area (Å²) in [5, 5.41) is 0.726. The second-order valence-corrected chi connectivity index (χ2v) is 7.66. The van der Waals surface area contributed by atoms with Crippen LogP contribution in [0.1, 0.15) is 20.3 Å². The first-order valence-electron chi connectivity index (χ1n) is 8.13. The van der Waals surface area contributed by atoms with E-state index in [-0.39, 0.29) is 23.9 Å². The van der Waals surface area contributed by atoms with E-state index < -0.39 is 13.4 Å². The number of phosphoric ester groups is 1. The van der Waals surface area contributed by atoms with Crippen LogP contribution in [0.5, 0.6) is 5.75 Å². The van der Waals surface area contributed by atoms with Gasteiger partial charge in [0.05, 0.1) is 12.7 Å². The number of fused-ring (bicyclic) bond motifs is 1. The van der Waals surface area contributed by atoms with Crippen LogP contribution < -0.4 is 10.1 Å². The van der Waals surface area contributed by atoms with E-state index in [9.17, 15) is 9.36 Å². The lowest BCUT2D eigenvalue weighted by Gasteiger charge is -2.25. The van der Waals surface area contributed by atoms with Gasteiger partial charge in [0.15, 0.2) is 0 Å². The Bertz CT molecular complexity index is 846. The van der Waals surface area contributed by atoms with Crippen molar-refractivity contribution in [3.63, 3.8) is 0 Å². The monoisotopic (exact) mass is 368 g/mol. The maximum Gasteiger partial charge on any atom is 0.530 e. The highest BCUT2D eigenvalue weighted by Gasteiger charge is 2.41. The van der Waals surface area contributed by atoms with Crippen molar-refractivity contribution in [1.29, 1.82) is 0 Å². The minimum Gasteiger partial charge on any atom is -0.423 e. The Hall–Kier alpha value is -1.66. The third kappa shape index (κ3) is 3.96. The zero-order chi connectivity index (χ0) is 18.0. The second-order valence-electron chi connectivity index (χ2n) is 6.00. The Kier molecular flexibility index (Phi) is 5.29. The summed E-state index contributed by atoms with van der Waals surface area (Å²) in [6.45, 7) is 4.47. The fourth-order valence-corrected chi connectivity index (χ4v) is 4.05. The maximum atomic E-state index is 12.9. The number of hydrogen-bond acceptors (Lipinski definition) is 7. The average Bonchev–Trinajstić information content (AvgIpc) is 2.94. The summed E-state index contributed by atoms with van der Waals surface area (Å²) < 4.78 is 39.9. The number of ether oxygens (including phenoxy) is 1. The third-order valence-corrected chi connectivity index (χ3v) is 5.57. The van der Waals surface area contributed by atoms with E-state index in [0.717, 1.165) is 11.8 Å². The number of phosphoric acid groups is 1. The van der Waals surface area contributed by atoms with E-state index >= 15 is 0 Å². The molecule has 1 aromatic heterocycles. The first kappa shape index (κ1) is 18.1. The molecule has 0 radical (unpaired) electrons. The molecule has 25 heavy (non-hydrogen) atoms. The van der Waals surface area contributed by atoms with Gasteiger partial charge in [0.1, 0.15) is 17.4 Å². The molecule has 3 unspecified atom stereocenters. The van der Waals surface area contributed by atoms with E-state index in [0.29, 0.717) is 12.2 Å². The second kappa shape index (κ2) is 7.30. The van der Waals surface area contributed by atoms with Crippen LogP contribution in [0, 0.1) is 5.92 Å². The quantitative estimate of drug-likeness (QED) is 0.567. The highest BCUT2D eigenvalue weighted by atomic mass is 31.2. The van der Waals surface area contributed by atoms with Gasteiger partial charge in [-0.3, -0.25) is 9.05 Å². The maximum absolute atomic E-state index is 12.9. The van der Waals surface area contributed by atoms with Gasteiger partial charge in [-0.25, -0.2) is 9.36 Å².